The van der Waals surface area contributed by atoms with Crippen LogP contribution in [0.25, 0.3) is 0 Å². The van der Waals surface area contributed by atoms with Gasteiger partial charge in [0.2, 0.25) is 0 Å². The van der Waals surface area contributed by atoms with Crippen LogP contribution < -0.4 is 10.6 Å². The van der Waals surface area contributed by atoms with Gasteiger partial charge in [-0.05, 0) is 43.5 Å². The van der Waals surface area contributed by atoms with Crippen molar-refractivity contribution in [3.63, 3.8) is 0 Å². The molecule has 1 aromatic carbocycles. The van der Waals surface area contributed by atoms with Crippen LogP contribution in [0, 0.1) is 13.8 Å². The molecule has 0 atom stereocenters. The number of nitrogens with one attached hydrogen (secondary N) is 2. The molecule has 7 heteroatoms. The van der Waals surface area contributed by atoms with Crippen LogP contribution in [0.15, 0.2) is 53.8 Å². The predicted octanol–water partition coefficient (Wildman–Crippen LogP) is 2.50. The minimum absolute atomic E-state index is 0.726. The van der Waals surface area contributed by atoms with Crippen molar-refractivity contribution in [2.75, 3.05) is 13.6 Å². The number of guanidine groups is 1. The number of rotatable bonds is 8. The Hall–Kier alpha value is -3.09. The molecule has 3 aromatic rings. The Labute approximate surface area is 166 Å². The van der Waals surface area contributed by atoms with Crippen LogP contribution in [0.2, 0.25) is 0 Å². The van der Waals surface area contributed by atoms with Gasteiger partial charge in [-0.1, -0.05) is 24.3 Å². The first-order chi connectivity index (χ1) is 13.6. The molecule has 0 saturated carbocycles. The Balaban J connectivity index is 1.43. The summed E-state index contributed by atoms with van der Waals surface area (Å²) in [5.41, 5.74) is 4.72. The monoisotopic (exact) mass is 379 g/mol. The second-order valence-corrected chi connectivity index (χ2v) is 6.88. The summed E-state index contributed by atoms with van der Waals surface area (Å²) in [4.78, 5) is 4.31. The third-order valence-electron chi connectivity index (χ3n) is 4.52. The molecular weight excluding hydrogens is 350 g/mol. The number of aromatic nitrogens is 4. The third-order valence-corrected chi connectivity index (χ3v) is 4.52. The Morgan fingerprint density at radius 3 is 2.68 bits per heavy atom. The van der Waals surface area contributed by atoms with Gasteiger partial charge in [0.1, 0.15) is 0 Å². The van der Waals surface area contributed by atoms with E-state index in [4.69, 9.17) is 0 Å². The van der Waals surface area contributed by atoms with Gasteiger partial charge in [-0.2, -0.15) is 10.2 Å². The number of aliphatic imine (C=N–C) groups is 1. The predicted molar refractivity (Wildman–Crippen MR) is 112 cm³/mol. The minimum Gasteiger partial charge on any atom is -0.356 e. The molecule has 0 aliphatic heterocycles. The first-order valence-electron chi connectivity index (χ1n) is 9.65. The van der Waals surface area contributed by atoms with Gasteiger partial charge >= 0.3 is 0 Å². The molecule has 3 rings (SSSR count). The molecule has 0 saturated heterocycles. The summed E-state index contributed by atoms with van der Waals surface area (Å²) >= 11 is 0. The van der Waals surface area contributed by atoms with E-state index in [9.17, 15) is 0 Å². The molecule has 28 heavy (non-hydrogen) atoms. The highest BCUT2D eigenvalue weighted by atomic mass is 15.3. The summed E-state index contributed by atoms with van der Waals surface area (Å²) < 4.78 is 3.98. The van der Waals surface area contributed by atoms with E-state index in [0.717, 1.165) is 44.3 Å². The van der Waals surface area contributed by atoms with Crippen molar-refractivity contribution in [2.45, 2.75) is 39.9 Å². The summed E-state index contributed by atoms with van der Waals surface area (Å²) in [6, 6.07) is 12.6. The van der Waals surface area contributed by atoms with Crippen LogP contribution in [0.1, 0.15) is 28.9 Å². The average molecular weight is 380 g/mol. The van der Waals surface area contributed by atoms with Crippen LogP contribution in [0.5, 0.6) is 0 Å². The van der Waals surface area contributed by atoms with Gasteiger partial charge < -0.3 is 10.6 Å². The molecule has 0 bridgehead atoms. The van der Waals surface area contributed by atoms with E-state index in [1.54, 1.807) is 13.2 Å². The summed E-state index contributed by atoms with van der Waals surface area (Å²) in [6.07, 6.45) is 4.76. The highest BCUT2D eigenvalue weighted by Gasteiger charge is 2.03. The second-order valence-electron chi connectivity index (χ2n) is 6.88. The Morgan fingerprint density at radius 1 is 1.11 bits per heavy atom. The lowest BCUT2D eigenvalue weighted by atomic mass is 10.1. The third kappa shape index (κ3) is 5.70. The van der Waals surface area contributed by atoms with E-state index in [1.165, 1.54) is 16.8 Å². The van der Waals surface area contributed by atoms with Crippen LogP contribution in [0.3, 0.4) is 0 Å². The van der Waals surface area contributed by atoms with Gasteiger partial charge in [-0.3, -0.25) is 14.4 Å². The summed E-state index contributed by atoms with van der Waals surface area (Å²) in [5.74, 6) is 0.811. The second kappa shape index (κ2) is 9.73. The van der Waals surface area contributed by atoms with E-state index >= 15 is 0 Å². The fourth-order valence-corrected chi connectivity index (χ4v) is 3.16. The van der Waals surface area contributed by atoms with Crippen LogP contribution in [-0.2, 0) is 19.6 Å². The van der Waals surface area contributed by atoms with Crippen LogP contribution in [-0.4, -0.2) is 39.1 Å². The highest BCUT2D eigenvalue weighted by Crippen LogP contribution is 2.07. The van der Waals surface area contributed by atoms with Gasteiger partial charge in [0.25, 0.3) is 0 Å². The van der Waals surface area contributed by atoms with E-state index in [1.807, 2.05) is 23.9 Å². The highest BCUT2D eigenvalue weighted by molar-refractivity contribution is 5.79. The Bertz CT molecular complexity index is 893. The zero-order valence-electron chi connectivity index (χ0n) is 16.9. The molecule has 7 nitrogen and oxygen atoms in total. The van der Waals surface area contributed by atoms with Crippen molar-refractivity contribution in [1.82, 2.24) is 30.2 Å². The topological polar surface area (TPSA) is 72.1 Å². The molecule has 148 valence electrons. The zero-order chi connectivity index (χ0) is 19.8. The van der Waals surface area contributed by atoms with Crippen molar-refractivity contribution in [3.05, 3.63) is 71.3 Å². The zero-order valence-corrected chi connectivity index (χ0v) is 16.9. The van der Waals surface area contributed by atoms with Crippen molar-refractivity contribution in [3.8, 4) is 0 Å². The molecular formula is C21H29N7. The van der Waals surface area contributed by atoms with Gasteiger partial charge in [-0.25, -0.2) is 0 Å². The van der Waals surface area contributed by atoms with Gasteiger partial charge in [0.15, 0.2) is 5.96 Å². The largest absolute Gasteiger partial charge is 0.356 e. The van der Waals surface area contributed by atoms with E-state index in [0.29, 0.717) is 0 Å². The summed E-state index contributed by atoms with van der Waals surface area (Å²) in [7, 11) is 1.80. The van der Waals surface area contributed by atoms with Gasteiger partial charge in [0, 0.05) is 44.8 Å². The molecule has 0 radical (unpaired) electrons. The molecule has 0 aliphatic carbocycles. The number of nitrogens with zero attached hydrogens (tertiary/aromatic N) is 5. The first kappa shape index (κ1) is 19.7. The standard InChI is InChI=1S/C21H29N7/c1-17-13-18(2)28(26-17)12-5-9-23-21(22-3)24-15-19-7-4-8-20(14-19)16-27-11-6-10-25-27/h4,6-8,10-11,13-14H,5,9,12,15-16H2,1-3H3,(H2,22,23,24). The summed E-state index contributed by atoms with van der Waals surface area (Å²) in [6.45, 7) is 7.37. The average Bonchev–Trinajstić information content (AvgIpc) is 3.30. The SMILES string of the molecule is CN=C(NCCCn1nc(C)cc1C)NCc1cccc(Cn2cccn2)c1. The molecule has 0 amide bonds. The lowest BCUT2D eigenvalue weighted by molar-refractivity contribution is 0.555. The molecule has 0 spiro atoms. The Kier molecular flexibility index (Phi) is 6.84. The lowest BCUT2D eigenvalue weighted by Gasteiger charge is -2.13. The van der Waals surface area contributed by atoms with Gasteiger partial charge in [0.05, 0.1) is 12.2 Å². The lowest BCUT2D eigenvalue weighted by Crippen LogP contribution is -2.37. The number of hydrogen-bond donors (Lipinski definition) is 2. The van der Waals surface area contributed by atoms with Crippen molar-refractivity contribution >= 4 is 5.96 Å². The fraction of sp³-hybridized carbons (Fsp3) is 0.381. The summed E-state index contributed by atoms with van der Waals surface area (Å²) in [5, 5.41) is 15.5. The quantitative estimate of drug-likeness (QED) is 0.358. The maximum absolute atomic E-state index is 4.49. The van der Waals surface area contributed by atoms with Crippen LogP contribution in [0.4, 0.5) is 0 Å². The fourth-order valence-electron chi connectivity index (χ4n) is 3.16. The number of benzene rings is 1. The number of hydrogen-bond acceptors (Lipinski definition) is 3. The van der Waals surface area contributed by atoms with Gasteiger partial charge in [-0.15, -0.1) is 0 Å². The minimum atomic E-state index is 0.726. The molecule has 2 aromatic heterocycles. The van der Waals surface area contributed by atoms with E-state index in [-0.39, 0.29) is 0 Å². The maximum Gasteiger partial charge on any atom is 0.191 e. The molecule has 0 aliphatic rings. The molecule has 2 N–H and O–H groups in total. The molecule has 0 unspecified atom stereocenters. The van der Waals surface area contributed by atoms with Crippen LogP contribution >= 0.6 is 0 Å². The van der Waals surface area contributed by atoms with Crippen molar-refractivity contribution in [1.29, 1.82) is 0 Å². The molecule has 0 fully saturated rings. The maximum atomic E-state index is 4.49. The Morgan fingerprint density at radius 2 is 1.96 bits per heavy atom. The first-order valence-corrected chi connectivity index (χ1v) is 9.65. The molecule has 2 heterocycles. The van der Waals surface area contributed by atoms with Crippen molar-refractivity contribution in [2.24, 2.45) is 4.99 Å². The van der Waals surface area contributed by atoms with E-state index in [2.05, 4.69) is 67.8 Å². The number of aryl methyl sites for hydroxylation is 3. The normalized spacial score (nSPS) is 11.6. The van der Waals surface area contributed by atoms with Crippen molar-refractivity contribution < 1.29 is 0 Å². The van der Waals surface area contributed by atoms with E-state index < -0.39 is 0 Å². The smallest absolute Gasteiger partial charge is 0.191 e.